The zero-order valence-corrected chi connectivity index (χ0v) is 19.4. The van der Waals surface area contributed by atoms with Gasteiger partial charge in [0.05, 0.1) is 15.3 Å². The molecule has 0 atom stereocenters. The summed E-state index contributed by atoms with van der Waals surface area (Å²) in [7, 11) is -5.01. The van der Waals surface area contributed by atoms with E-state index in [9.17, 15) is 21.2 Å². The highest BCUT2D eigenvalue weighted by Gasteiger charge is 2.24. The lowest BCUT2D eigenvalue weighted by Crippen LogP contribution is -2.22. The van der Waals surface area contributed by atoms with E-state index in [0.717, 1.165) is 8.28 Å². The van der Waals surface area contributed by atoms with Crippen molar-refractivity contribution in [3.63, 3.8) is 0 Å². The van der Waals surface area contributed by atoms with Crippen molar-refractivity contribution >= 4 is 42.6 Å². The molecule has 6 nitrogen and oxygen atoms in total. The van der Waals surface area contributed by atoms with Crippen LogP contribution in [0.1, 0.15) is 0 Å². The van der Waals surface area contributed by atoms with Crippen molar-refractivity contribution in [3.8, 4) is 11.1 Å². The maximum absolute atomic E-state index is 14.6. The molecule has 3 aromatic carbocycles. The molecule has 0 aliphatic carbocycles. The zero-order chi connectivity index (χ0) is 23.3. The Morgan fingerprint density at radius 1 is 0.844 bits per heavy atom. The molecule has 0 fully saturated rings. The van der Waals surface area contributed by atoms with Crippen molar-refractivity contribution in [2.24, 2.45) is 0 Å². The van der Waals surface area contributed by atoms with Crippen LogP contribution < -0.4 is 0 Å². The molecule has 1 heterocycles. The second-order valence-corrected chi connectivity index (χ2v) is 11.6. The fourth-order valence-electron chi connectivity index (χ4n) is 3.38. The SMILES string of the molecule is CN(C)S(=O)(=O)c1ccc(S(=O)(=O)n2cc(-c3ccc(Cl)cc3F)c3ccccc32)cc1. The van der Waals surface area contributed by atoms with Gasteiger partial charge in [-0.1, -0.05) is 29.8 Å². The summed E-state index contributed by atoms with van der Waals surface area (Å²) in [5, 5.41) is 0.777. The summed E-state index contributed by atoms with van der Waals surface area (Å²) in [4.78, 5) is -0.123. The van der Waals surface area contributed by atoms with Gasteiger partial charge in [0.2, 0.25) is 10.0 Å². The molecule has 0 saturated carbocycles. The molecule has 4 rings (SSSR count). The molecule has 0 bridgehead atoms. The van der Waals surface area contributed by atoms with Crippen LogP contribution in [-0.4, -0.2) is 39.2 Å². The Kier molecular flexibility index (Phi) is 5.62. The third-order valence-electron chi connectivity index (χ3n) is 5.06. The predicted molar refractivity (Wildman–Crippen MR) is 122 cm³/mol. The van der Waals surface area contributed by atoms with Gasteiger partial charge in [-0.3, -0.25) is 0 Å². The van der Waals surface area contributed by atoms with Crippen LogP contribution in [0.25, 0.3) is 22.0 Å². The van der Waals surface area contributed by atoms with E-state index in [-0.39, 0.29) is 20.4 Å². The van der Waals surface area contributed by atoms with E-state index in [1.807, 2.05) is 0 Å². The van der Waals surface area contributed by atoms with Gasteiger partial charge in [-0.15, -0.1) is 0 Å². The normalized spacial score (nSPS) is 12.5. The predicted octanol–water partition coefficient (Wildman–Crippen LogP) is 4.59. The van der Waals surface area contributed by atoms with Crippen molar-refractivity contribution in [2.75, 3.05) is 14.1 Å². The van der Waals surface area contributed by atoms with Crippen LogP contribution in [0.4, 0.5) is 4.39 Å². The maximum atomic E-state index is 14.6. The molecule has 0 aliphatic rings. The van der Waals surface area contributed by atoms with Gasteiger partial charge >= 0.3 is 0 Å². The second-order valence-electron chi connectivity index (χ2n) is 7.24. The van der Waals surface area contributed by atoms with E-state index < -0.39 is 25.9 Å². The minimum atomic E-state index is -4.10. The van der Waals surface area contributed by atoms with Crippen molar-refractivity contribution in [2.45, 2.75) is 9.79 Å². The monoisotopic (exact) mass is 492 g/mol. The molecule has 0 radical (unpaired) electrons. The molecular weight excluding hydrogens is 475 g/mol. The Balaban J connectivity index is 1.88. The molecule has 0 spiro atoms. The lowest BCUT2D eigenvalue weighted by molar-refractivity contribution is 0.520. The maximum Gasteiger partial charge on any atom is 0.268 e. The molecule has 1 aromatic heterocycles. The number of benzene rings is 3. The topological polar surface area (TPSA) is 76.5 Å². The highest BCUT2D eigenvalue weighted by Crippen LogP contribution is 2.35. The first kappa shape index (κ1) is 22.5. The first-order valence-electron chi connectivity index (χ1n) is 9.37. The van der Waals surface area contributed by atoms with Gasteiger partial charge in [0, 0.05) is 41.8 Å². The van der Waals surface area contributed by atoms with E-state index in [1.165, 1.54) is 62.8 Å². The first-order valence-corrected chi connectivity index (χ1v) is 12.6. The first-order chi connectivity index (χ1) is 15.0. The summed E-state index contributed by atoms with van der Waals surface area (Å²) in [5.41, 5.74) is 0.971. The number of nitrogens with zero attached hydrogens (tertiary/aromatic N) is 2. The van der Waals surface area contributed by atoms with E-state index in [0.29, 0.717) is 16.5 Å². The summed E-state index contributed by atoms with van der Waals surface area (Å²) in [6, 6.07) is 15.9. The van der Waals surface area contributed by atoms with Gasteiger partial charge in [0.1, 0.15) is 5.82 Å². The largest absolute Gasteiger partial charge is 0.268 e. The summed E-state index contributed by atoms with van der Waals surface area (Å²) in [6.45, 7) is 0. The Morgan fingerprint density at radius 3 is 2.09 bits per heavy atom. The van der Waals surface area contributed by atoms with Crippen LogP contribution in [-0.2, 0) is 20.0 Å². The molecule has 0 aliphatic heterocycles. The van der Waals surface area contributed by atoms with Crippen molar-refractivity contribution in [1.82, 2.24) is 8.28 Å². The molecule has 10 heteroatoms. The van der Waals surface area contributed by atoms with Crippen molar-refractivity contribution in [3.05, 3.63) is 83.8 Å². The molecule has 0 saturated heterocycles. The van der Waals surface area contributed by atoms with Crippen LogP contribution in [0.3, 0.4) is 0 Å². The van der Waals surface area contributed by atoms with Crippen LogP contribution in [0.15, 0.2) is 82.7 Å². The number of halogens is 2. The third-order valence-corrected chi connectivity index (χ3v) is 8.81. The van der Waals surface area contributed by atoms with Crippen LogP contribution in [0, 0.1) is 5.82 Å². The van der Waals surface area contributed by atoms with Gasteiger partial charge in [0.15, 0.2) is 0 Å². The fraction of sp³-hybridized carbons (Fsp3) is 0.0909. The van der Waals surface area contributed by atoms with Gasteiger partial charge in [0.25, 0.3) is 10.0 Å². The Labute approximate surface area is 190 Å². The Morgan fingerprint density at radius 2 is 1.47 bits per heavy atom. The number of hydrogen-bond acceptors (Lipinski definition) is 4. The highest BCUT2D eigenvalue weighted by atomic mass is 35.5. The highest BCUT2D eigenvalue weighted by molar-refractivity contribution is 7.90. The third kappa shape index (κ3) is 3.71. The van der Waals surface area contributed by atoms with Crippen molar-refractivity contribution in [1.29, 1.82) is 0 Å². The number of fused-ring (bicyclic) bond motifs is 1. The summed E-state index contributed by atoms with van der Waals surface area (Å²) < 4.78 is 68.1. The fourth-order valence-corrected chi connectivity index (χ4v) is 5.81. The molecule has 0 amide bonds. The van der Waals surface area contributed by atoms with Crippen molar-refractivity contribution < 1.29 is 21.2 Å². The minimum absolute atomic E-state index is 0.0252. The second kappa shape index (κ2) is 8.00. The number of sulfonamides is 1. The van der Waals surface area contributed by atoms with Gasteiger partial charge in [-0.05, 0) is 48.5 Å². The average Bonchev–Trinajstić information content (AvgIpc) is 3.14. The lowest BCUT2D eigenvalue weighted by Gasteiger charge is -2.12. The van der Waals surface area contributed by atoms with E-state index >= 15 is 0 Å². The zero-order valence-electron chi connectivity index (χ0n) is 17.0. The molecular formula is C22H18ClFN2O4S2. The lowest BCUT2D eigenvalue weighted by atomic mass is 10.0. The number of para-hydroxylation sites is 1. The smallest absolute Gasteiger partial charge is 0.241 e. The van der Waals surface area contributed by atoms with E-state index in [1.54, 1.807) is 24.3 Å². The summed E-state index contributed by atoms with van der Waals surface area (Å²) >= 11 is 5.86. The number of hydrogen-bond donors (Lipinski definition) is 0. The van der Waals surface area contributed by atoms with Crippen LogP contribution >= 0.6 is 11.6 Å². The molecule has 0 N–H and O–H groups in total. The summed E-state index contributed by atoms with van der Waals surface area (Å²) in [5.74, 6) is -0.573. The molecule has 166 valence electrons. The quantitative estimate of drug-likeness (QED) is 0.408. The standard InChI is InChI=1S/C22H18ClFN2O4S2/c1-25(2)31(27,28)16-8-10-17(11-9-16)32(29,30)26-14-20(19-5-3-4-6-22(19)26)18-12-7-15(23)13-21(18)24/h3-14H,1-2H3. The number of aromatic nitrogens is 1. The van der Waals surface area contributed by atoms with E-state index in [2.05, 4.69) is 0 Å². The van der Waals surface area contributed by atoms with Gasteiger partial charge < -0.3 is 0 Å². The summed E-state index contributed by atoms with van der Waals surface area (Å²) in [6.07, 6.45) is 1.36. The van der Waals surface area contributed by atoms with Gasteiger partial charge in [-0.25, -0.2) is 29.5 Å². The molecule has 32 heavy (non-hydrogen) atoms. The van der Waals surface area contributed by atoms with Gasteiger partial charge in [-0.2, -0.15) is 0 Å². The van der Waals surface area contributed by atoms with Crippen LogP contribution in [0.2, 0.25) is 5.02 Å². The Hall–Kier alpha value is -2.72. The molecule has 0 unspecified atom stereocenters. The van der Waals surface area contributed by atoms with Crippen LogP contribution in [0.5, 0.6) is 0 Å². The number of rotatable bonds is 5. The average molecular weight is 493 g/mol. The molecule has 4 aromatic rings. The Bertz CT molecular complexity index is 1540. The van der Waals surface area contributed by atoms with E-state index in [4.69, 9.17) is 11.6 Å². The minimum Gasteiger partial charge on any atom is -0.241 e.